The van der Waals surface area contributed by atoms with Gasteiger partial charge in [0.25, 0.3) is 0 Å². The maximum atomic E-state index is 5.13. The Bertz CT molecular complexity index is 122. The second kappa shape index (κ2) is 2.82. The summed E-state index contributed by atoms with van der Waals surface area (Å²) >= 11 is 0. The standard InChI is InChI=1S/C6H11NO2/c1-5-3-9-4-6(7-5)8-2/h5H,3-4H2,1-2H3. The minimum absolute atomic E-state index is 0.258. The smallest absolute Gasteiger partial charge is 0.210 e. The number of hydrogen-bond acceptors (Lipinski definition) is 3. The number of methoxy groups -OCH3 is 1. The van der Waals surface area contributed by atoms with Crippen molar-refractivity contribution in [2.24, 2.45) is 4.99 Å². The third-order valence-electron chi connectivity index (χ3n) is 1.18. The first-order valence-corrected chi connectivity index (χ1v) is 3.01. The van der Waals surface area contributed by atoms with E-state index in [9.17, 15) is 0 Å². The molecule has 0 saturated carbocycles. The first kappa shape index (κ1) is 6.55. The maximum absolute atomic E-state index is 5.13. The van der Waals surface area contributed by atoms with Crippen molar-refractivity contribution in [3.05, 3.63) is 0 Å². The van der Waals surface area contributed by atoms with Crippen LogP contribution >= 0.6 is 0 Å². The summed E-state index contributed by atoms with van der Waals surface area (Å²) in [6, 6.07) is 0.258. The Balaban J connectivity index is 2.49. The average Bonchev–Trinajstić information content (AvgIpc) is 1.88. The molecule has 1 aliphatic heterocycles. The quantitative estimate of drug-likeness (QED) is 0.475. The molecule has 0 aliphatic carbocycles. The van der Waals surface area contributed by atoms with Gasteiger partial charge in [0.15, 0.2) is 0 Å². The van der Waals surface area contributed by atoms with Crippen LogP contribution in [0.1, 0.15) is 6.92 Å². The minimum atomic E-state index is 0.258. The van der Waals surface area contributed by atoms with Crippen LogP contribution in [-0.2, 0) is 9.47 Å². The molecule has 3 heteroatoms. The van der Waals surface area contributed by atoms with Crippen molar-refractivity contribution in [1.82, 2.24) is 0 Å². The van der Waals surface area contributed by atoms with Gasteiger partial charge >= 0.3 is 0 Å². The topological polar surface area (TPSA) is 30.8 Å². The van der Waals surface area contributed by atoms with E-state index in [1.165, 1.54) is 0 Å². The van der Waals surface area contributed by atoms with E-state index in [1.807, 2.05) is 6.92 Å². The Labute approximate surface area is 54.7 Å². The molecule has 0 aromatic heterocycles. The van der Waals surface area contributed by atoms with E-state index in [1.54, 1.807) is 7.11 Å². The predicted molar refractivity (Wildman–Crippen MR) is 34.7 cm³/mol. The predicted octanol–water partition coefficient (Wildman–Crippen LogP) is 0.450. The molecule has 0 spiro atoms. The van der Waals surface area contributed by atoms with E-state index >= 15 is 0 Å². The van der Waals surface area contributed by atoms with Gasteiger partial charge in [-0.2, -0.15) is 0 Å². The highest BCUT2D eigenvalue weighted by Gasteiger charge is 2.09. The van der Waals surface area contributed by atoms with Crippen LogP contribution in [-0.4, -0.2) is 32.3 Å². The Morgan fingerprint density at radius 2 is 2.56 bits per heavy atom. The molecule has 1 rings (SSSR count). The monoisotopic (exact) mass is 129 g/mol. The number of ether oxygens (including phenoxy) is 2. The lowest BCUT2D eigenvalue weighted by Gasteiger charge is -2.15. The summed E-state index contributed by atoms with van der Waals surface area (Å²) in [5.74, 6) is 0.703. The van der Waals surface area contributed by atoms with Crippen LogP contribution in [0.25, 0.3) is 0 Å². The van der Waals surface area contributed by atoms with Crippen molar-refractivity contribution in [2.75, 3.05) is 20.3 Å². The van der Waals surface area contributed by atoms with Gasteiger partial charge in [0.2, 0.25) is 5.90 Å². The van der Waals surface area contributed by atoms with Gasteiger partial charge in [0.1, 0.15) is 6.61 Å². The number of rotatable bonds is 0. The van der Waals surface area contributed by atoms with Gasteiger partial charge in [-0.05, 0) is 6.92 Å². The Morgan fingerprint density at radius 1 is 1.78 bits per heavy atom. The summed E-state index contributed by atoms with van der Waals surface area (Å²) in [6.45, 7) is 3.24. The van der Waals surface area contributed by atoms with E-state index in [-0.39, 0.29) is 6.04 Å². The molecule has 3 nitrogen and oxygen atoms in total. The summed E-state index contributed by atoms with van der Waals surface area (Å²) in [4.78, 5) is 4.17. The van der Waals surface area contributed by atoms with Gasteiger partial charge in [-0.25, -0.2) is 4.99 Å². The molecule has 0 bridgehead atoms. The third kappa shape index (κ3) is 1.68. The zero-order valence-electron chi connectivity index (χ0n) is 5.76. The van der Waals surface area contributed by atoms with Crippen LogP contribution in [0.3, 0.4) is 0 Å². The van der Waals surface area contributed by atoms with Crippen LogP contribution in [0.2, 0.25) is 0 Å². The highest BCUT2D eigenvalue weighted by molar-refractivity contribution is 5.77. The van der Waals surface area contributed by atoms with Gasteiger partial charge in [0.05, 0.1) is 19.8 Å². The first-order valence-electron chi connectivity index (χ1n) is 3.01. The Kier molecular flexibility index (Phi) is 2.05. The van der Waals surface area contributed by atoms with Crippen molar-refractivity contribution in [1.29, 1.82) is 0 Å². The summed E-state index contributed by atoms with van der Waals surface area (Å²) < 4.78 is 10.0. The van der Waals surface area contributed by atoms with Crippen LogP contribution < -0.4 is 0 Å². The molecular weight excluding hydrogens is 118 g/mol. The van der Waals surface area contributed by atoms with E-state index in [0.29, 0.717) is 19.1 Å². The number of hydrogen-bond donors (Lipinski definition) is 0. The fraction of sp³-hybridized carbons (Fsp3) is 0.833. The highest BCUT2D eigenvalue weighted by Crippen LogP contribution is 1.99. The van der Waals surface area contributed by atoms with E-state index in [2.05, 4.69) is 4.99 Å². The molecule has 1 atom stereocenters. The SMILES string of the molecule is COC1=NC(C)COC1. The van der Waals surface area contributed by atoms with E-state index < -0.39 is 0 Å². The maximum Gasteiger partial charge on any atom is 0.210 e. The minimum Gasteiger partial charge on any atom is -0.483 e. The van der Waals surface area contributed by atoms with Gasteiger partial charge in [0, 0.05) is 0 Å². The second-order valence-electron chi connectivity index (χ2n) is 2.09. The summed E-state index contributed by atoms with van der Waals surface area (Å²) in [5, 5.41) is 0. The van der Waals surface area contributed by atoms with E-state index in [4.69, 9.17) is 9.47 Å². The molecule has 9 heavy (non-hydrogen) atoms. The fourth-order valence-electron chi connectivity index (χ4n) is 0.749. The molecule has 0 aromatic carbocycles. The molecular formula is C6H11NO2. The van der Waals surface area contributed by atoms with Crippen molar-refractivity contribution in [3.63, 3.8) is 0 Å². The Hall–Kier alpha value is -0.570. The van der Waals surface area contributed by atoms with Crippen LogP contribution in [0.4, 0.5) is 0 Å². The third-order valence-corrected chi connectivity index (χ3v) is 1.18. The molecule has 0 amide bonds. The lowest BCUT2D eigenvalue weighted by molar-refractivity contribution is 0.129. The zero-order chi connectivity index (χ0) is 6.69. The van der Waals surface area contributed by atoms with E-state index in [0.717, 1.165) is 0 Å². The van der Waals surface area contributed by atoms with Gasteiger partial charge < -0.3 is 9.47 Å². The van der Waals surface area contributed by atoms with Gasteiger partial charge in [-0.15, -0.1) is 0 Å². The van der Waals surface area contributed by atoms with Gasteiger partial charge in [-0.1, -0.05) is 0 Å². The summed E-state index contributed by atoms with van der Waals surface area (Å²) in [7, 11) is 1.61. The average molecular weight is 129 g/mol. The molecule has 0 saturated heterocycles. The van der Waals surface area contributed by atoms with Crippen molar-refractivity contribution < 1.29 is 9.47 Å². The Morgan fingerprint density at radius 3 is 3.00 bits per heavy atom. The molecule has 1 unspecified atom stereocenters. The molecule has 1 heterocycles. The molecule has 0 aromatic rings. The summed E-state index contributed by atoms with van der Waals surface area (Å²) in [5.41, 5.74) is 0. The lowest BCUT2D eigenvalue weighted by Crippen LogP contribution is -2.24. The first-order chi connectivity index (χ1) is 4.33. The van der Waals surface area contributed by atoms with Gasteiger partial charge in [-0.3, -0.25) is 0 Å². The molecule has 0 N–H and O–H groups in total. The molecule has 0 radical (unpaired) electrons. The fourth-order valence-corrected chi connectivity index (χ4v) is 0.749. The highest BCUT2D eigenvalue weighted by atomic mass is 16.5. The second-order valence-corrected chi connectivity index (χ2v) is 2.09. The van der Waals surface area contributed by atoms with Crippen molar-refractivity contribution in [3.8, 4) is 0 Å². The van der Waals surface area contributed by atoms with Crippen molar-refractivity contribution in [2.45, 2.75) is 13.0 Å². The van der Waals surface area contributed by atoms with Crippen LogP contribution in [0.5, 0.6) is 0 Å². The lowest BCUT2D eigenvalue weighted by atomic mass is 10.3. The summed E-state index contributed by atoms with van der Waals surface area (Å²) in [6.07, 6.45) is 0. The molecule has 0 fully saturated rings. The molecule has 52 valence electrons. The zero-order valence-corrected chi connectivity index (χ0v) is 5.76. The number of nitrogens with zero attached hydrogens (tertiary/aromatic N) is 1. The van der Waals surface area contributed by atoms with Crippen LogP contribution in [0.15, 0.2) is 4.99 Å². The van der Waals surface area contributed by atoms with Crippen molar-refractivity contribution >= 4 is 5.90 Å². The number of aliphatic imine (C=N–C) groups is 1. The normalized spacial score (nSPS) is 27.3. The molecule has 1 aliphatic rings. The largest absolute Gasteiger partial charge is 0.483 e. The van der Waals surface area contributed by atoms with Crippen LogP contribution in [0, 0.1) is 0 Å².